The van der Waals surface area contributed by atoms with Gasteiger partial charge in [-0.15, -0.1) is 0 Å². The molecule has 56 valence electrons. The number of rotatable bonds is 1. The fourth-order valence-corrected chi connectivity index (χ4v) is 0.454. The predicted octanol–water partition coefficient (Wildman–Crippen LogP) is -0.811. The van der Waals surface area contributed by atoms with Gasteiger partial charge in [-0.05, 0) is 0 Å². The molecule has 0 atom stereocenters. The van der Waals surface area contributed by atoms with Crippen molar-refractivity contribution in [2.75, 3.05) is 6.73 Å². The molecule has 0 saturated carbocycles. The predicted molar refractivity (Wildman–Crippen MR) is 33.8 cm³/mol. The first kappa shape index (κ1) is 8.64. The third-order valence-corrected chi connectivity index (χ3v) is 0.851. The molecule has 1 rings (SSSR count). The molecule has 0 aromatic carbocycles. The number of carbonyl (C=O) groups is 1. The molecule has 0 saturated heterocycles. The standard InChI is InChI=1S/C5H5NO3.H2O/c7-5(8)4-1-2-9-3-6-4;/h1-2H,3H2,(H,7,8);1H2. The van der Waals surface area contributed by atoms with Gasteiger partial charge in [0.25, 0.3) is 0 Å². The van der Waals surface area contributed by atoms with E-state index < -0.39 is 5.97 Å². The SMILES string of the molecule is O.O=C(O)C1=NCOC=C1. The molecule has 5 nitrogen and oxygen atoms in total. The molecule has 1 aliphatic rings. The summed E-state index contributed by atoms with van der Waals surface area (Å²) in [5.74, 6) is -1.02. The van der Waals surface area contributed by atoms with E-state index in [2.05, 4.69) is 9.73 Å². The Balaban J connectivity index is 0.000000810. The number of nitrogens with zero attached hydrogens (tertiary/aromatic N) is 1. The minimum Gasteiger partial charge on any atom is -0.479 e. The zero-order chi connectivity index (χ0) is 6.69. The molecule has 0 aromatic heterocycles. The summed E-state index contributed by atoms with van der Waals surface area (Å²) in [5.41, 5.74) is 0.0428. The number of hydrogen-bond acceptors (Lipinski definition) is 3. The van der Waals surface area contributed by atoms with E-state index in [9.17, 15) is 4.79 Å². The second-order valence-electron chi connectivity index (χ2n) is 1.45. The fourth-order valence-electron chi connectivity index (χ4n) is 0.454. The summed E-state index contributed by atoms with van der Waals surface area (Å²) in [7, 11) is 0. The van der Waals surface area contributed by atoms with Crippen LogP contribution in [0.5, 0.6) is 0 Å². The van der Waals surface area contributed by atoms with Gasteiger partial charge in [-0.3, -0.25) is 0 Å². The Morgan fingerprint density at radius 2 is 2.50 bits per heavy atom. The van der Waals surface area contributed by atoms with Crippen molar-refractivity contribution in [3.8, 4) is 0 Å². The Kier molecular flexibility index (Phi) is 3.13. The average Bonchev–Trinajstić information content (AvgIpc) is 1.90. The van der Waals surface area contributed by atoms with Crippen molar-refractivity contribution in [1.29, 1.82) is 0 Å². The summed E-state index contributed by atoms with van der Waals surface area (Å²) in [6, 6.07) is 0. The zero-order valence-electron chi connectivity index (χ0n) is 5.07. The third-order valence-electron chi connectivity index (χ3n) is 0.851. The number of aliphatic imine (C=N–C) groups is 1. The van der Waals surface area contributed by atoms with Crippen molar-refractivity contribution < 1.29 is 20.1 Å². The molecule has 0 aliphatic carbocycles. The number of ether oxygens (including phenoxy) is 1. The summed E-state index contributed by atoms with van der Waals surface area (Å²) in [6.45, 7) is 0.109. The highest BCUT2D eigenvalue weighted by atomic mass is 16.5. The normalized spacial score (nSPS) is 14.6. The summed E-state index contributed by atoms with van der Waals surface area (Å²) in [5, 5.41) is 8.30. The van der Waals surface area contributed by atoms with Crippen molar-refractivity contribution in [2.24, 2.45) is 4.99 Å². The topological polar surface area (TPSA) is 90.4 Å². The lowest BCUT2D eigenvalue weighted by Crippen LogP contribution is -2.13. The molecule has 1 aliphatic heterocycles. The van der Waals surface area contributed by atoms with Crippen molar-refractivity contribution in [3.63, 3.8) is 0 Å². The highest BCUT2D eigenvalue weighted by Crippen LogP contribution is 1.92. The minimum absolute atomic E-state index is 0. The van der Waals surface area contributed by atoms with Gasteiger partial charge in [0.15, 0.2) is 6.73 Å². The average molecular weight is 145 g/mol. The maximum Gasteiger partial charge on any atom is 0.354 e. The second kappa shape index (κ2) is 3.62. The molecule has 0 aromatic rings. The molecule has 10 heavy (non-hydrogen) atoms. The first-order valence-corrected chi connectivity index (χ1v) is 2.36. The molecule has 5 heteroatoms. The Labute approximate surface area is 56.9 Å². The van der Waals surface area contributed by atoms with E-state index in [4.69, 9.17) is 5.11 Å². The first-order valence-electron chi connectivity index (χ1n) is 2.36. The maximum atomic E-state index is 10.1. The second-order valence-corrected chi connectivity index (χ2v) is 1.45. The van der Waals surface area contributed by atoms with Crippen LogP contribution in [0, 0.1) is 0 Å². The Morgan fingerprint density at radius 3 is 2.80 bits per heavy atom. The van der Waals surface area contributed by atoms with Crippen LogP contribution in [-0.2, 0) is 9.53 Å². The van der Waals surface area contributed by atoms with Crippen LogP contribution in [0.3, 0.4) is 0 Å². The van der Waals surface area contributed by atoms with Gasteiger partial charge < -0.3 is 15.3 Å². The van der Waals surface area contributed by atoms with Gasteiger partial charge in [-0.1, -0.05) is 0 Å². The van der Waals surface area contributed by atoms with Gasteiger partial charge in [0.2, 0.25) is 0 Å². The number of carboxylic acid groups (broad SMARTS) is 1. The van der Waals surface area contributed by atoms with E-state index in [1.165, 1.54) is 12.3 Å². The molecule has 1 heterocycles. The van der Waals surface area contributed by atoms with Crippen LogP contribution in [-0.4, -0.2) is 29.0 Å². The van der Waals surface area contributed by atoms with Gasteiger partial charge in [0, 0.05) is 6.08 Å². The van der Waals surface area contributed by atoms with E-state index in [0.717, 1.165) is 0 Å². The summed E-state index contributed by atoms with van der Waals surface area (Å²) in [4.78, 5) is 13.7. The largest absolute Gasteiger partial charge is 0.479 e. The van der Waals surface area contributed by atoms with Crippen LogP contribution in [0.2, 0.25) is 0 Å². The van der Waals surface area contributed by atoms with Crippen molar-refractivity contribution in [2.45, 2.75) is 0 Å². The Hall–Kier alpha value is -1.36. The van der Waals surface area contributed by atoms with Gasteiger partial charge in [-0.25, -0.2) is 9.79 Å². The molecule has 0 radical (unpaired) electrons. The molecular weight excluding hydrogens is 138 g/mol. The van der Waals surface area contributed by atoms with E-state index >= 15 is 0 Å². The van der Waals surface area contributed by atoms with Gasteiger partial charge in [0.05, 0.1) is 6.26 Å². The fraction of sp³-hybridized carbons (Fsp3) is 0.200. The summed E-state index contributed by atoms with van der Waals surface area (Å²) < 4.78 is 4.62. The van der Waals surface area contributed by atoms with E-state index in [1.54, 1.807) is 0 Å². The van der Waals surface area contributed by atoms with Crippen molar-refractivity contribution in [1.82, 2.24) is 0 Å². The molecule has 0 unspecified atom stereocenters. The molecule has 3 N–H and O–H groups in total. The molecular formula is C5H7NO4. The number of aliphatic carboxylic acids is 1. The van der Waals surface area contributed by atoms with E-state index in [-0.39, 0.29) is 17.9 Å². The molecule has 0 fully saturated rings. The minimum atomic E-state index is -1.02. The smallest absolute Gasteiger partial charge is 0.354 e. The lowest BCUT2D eigenvalue weighted by Gasteiger charge is -2.01. The highest BCUT2D eigenvalue weighted by Gasteiger charge is 2.06. The van der Waals surface area contributed by atoms with Crippen LogP contribution >= 0.6 is 0 Å². The summed E-state index contributed by atoms with van der Waals surface area (Å²) >= 11 is 0. The van der Waals surface area contributed by atoms with Crippen LogP contribution in [0.1, 0.15) is 0 Å². The van der Waals surface area contributed by atoms with Gasteiger partial charge in [0.1, 0.15) is 5.71 Å². The Morgan fingerprint density at radius 1 is 1.80 bits per heavy atom. The monoisotopic (exact) mass is 145 g/mol. The van der Waals surface area contributed by atoms with E-state index in [0.29, 0.717) is 0 Å². The quantitative estimate of drug-likeness (QED) is 0.523. The van der Waals surface area contributed by atoms with E-state index in [1.807, 2.05) is 0 Å². The lowest BCUT2D eigenvalue weighted by molar-refractivity contribution is -0.129. The molecule has 0 spiro atoms. The maximum absolute atomic E-state index is 10.1. The molecule has 0 amide bonds. The summed E-state index contributed by atoms with van der Waals surface area (Å²) in [6.07, 6.45) is 2.63. The highest BCUT2D eigenvalue weighted by molar-refractivity contribution is 6.40. The first-order chi connectivity index (χ1) is 4.30. The molecule has 0 bridgehead atoms. The number of carboxylic acids is 1. The van der Waals surface area contributed by atoms with Crippen LogP contribution in [0.15, 0.2) is 17.3 Å². The van der Waals surface area contributed by atoms with Crippen molar-refractivity contribution in [3.05, 3.63) is 12.3 Å². The Bertz CT molecular complexity index is 184. The van der Waals surface area contributed by atoms with Gasteiger partial charge >= 0.3 is 5.97 Å². The van der Waals surface area contributed by atoms with Crippen LogP contribution in [0.25, 0.3) is 0 Å². The number of hydrogen-bond donors (Lipinski definition) is 1. The zero-order valence-corrected chi connectivity index (χ0v) is 5.07. The third kappa shape index (κ3) is 1.87. The van der Waals surface area contributed by atoms with Crippen LogP contribution in [0.4, 0.5) is 0 Å². The van der Waals surface area contributed by atoms with Crippen LogP contribution < -0.4 is 0 Å². The van der Waals surface area contributed by atoms with Crippen molar-refractivity contribution >= 4 is 11.7 Å². The van der Waals surface area contributed by atoms with Gasteiger partial charge in [-0.2, -0.15) is 0 Å². The lowest BCUT2D eigenvalue weighted by atomic mass is 10.3.